The summed E-state index contributed by atoms with van der Waals surface area (Å²) in [5, 5.41) is 0. The van der Waals surface area contributed by atoms with E-state index >= 15 is 0 Å². The van der Waals surface area contributed by atoms with Gasteiger partial charge in [0.25, 0.3) is 0 Å². The van der Waals surface area contributed by atoms with Crippen molar-refractivity contribution in [3.63, 3.8) is 0 Å². The Morgan fingerprint density at radius 1 is 1.29 bits per heavy atom. The smallest absolute Gasteiger partial charge is 0.127 e. The van der Waals surface area contributed by atoms with E-state index in [1.54, 1.807) is 7.11 Å². The molecular formula is C19H26FN3O. The molecule has 1 atom stereocenters. The normalized spacial score (nSPS) is 21.0. The van der Waals surface area contributed by atoms with Crippen LogP contribution in [0.3, 0.4) is 0 Å². The van der Waals surface area contributed by atoms with E-state index in [0.717, 1.165) is 43.9 Å². The van der Waals surface area contributed by atoms with Gasteiger partial charge < -0.3 is 14.5 Å². The van der Waals surface area contributed by atoms with Crippen molar-refractivity contribution < 1.29 is 9.13 Å². The zero-order valence-corrected chi connectivity index (χ0v) is 14.5. The summed E-state index contributed by atoms with van der Waals surface area (Å²) in [4.78, 5) is 9.35. The number of hydrogen-bond donors (Lipinski definition) is 0. The molecule has 2 heterocycles. The molecule has 1 fully saturated rings. The monoisotopic (exact) mass is 331 g/mol. The van der Waals surface area contributed by atoms with E-state index in [9.17, 15) is 4.39 Å². The van der Waals surface area contributed by atoms with Crippen LogP contribution in [0.15, 0.2) is 41.0 Å². The van der Waals surface area contributed by atoms with Gasteiger partial charge in [-0.15, -0.1) is 0 Å². The van der Waals surface area contributed by atoms with E-state index in [1.807, 2.05) is 12.1 Å². The van der Waals surface area contributed by atoms with Crippen molar-refractivity contribution in [1.82, 2.24) is 4.90 Å². The van der Waals surface area contributed by atoms with Crippen LogP contribution >= 0.6 is 0 Å². The molecule has 0 N–H and O–H groups in total. The lowest BCUT2D eigenvalue weighted by atomic mass is 10.1. The molecule has 1 aromatic carbocycles. The lowest BCUT2D eigenvalue weighted by Gasteiger charge is -2.33. The zero-order chi connectivity index (χ0) is 16.9. The first-order valence-electron chi connectivity index (χ1n) is 8.76. The van der Waals surface area contributed by atoms with Crippen LogP contribution in [0.5, 0.6) is 0 Å². The Labute approximate surface area is 143 Å². The third-order valence-corrected chi connectivity index (χ3v) is 4.69. The van der Waals surface area contributed by atoms with Crippen molar-refractivity contribution in [2.75, 3.05) is 31.8 Å². The van der Waals surface area contributed by atoms with Crippen molar-refractivity contribution in [2.45, 2.75) is 38.6 Å². The van der Waals surface area contributed by atoms with Gasteiger partial charge in [0.15, 0.2) is 0 Å². The molecule has 24 heavy (non-hydrogen) atoms. The van der Waals surface area contributed by atoms with E-state index in [0.29, 0.717) is 12.7 Å². The summed E-state index contributed by atoms with van der Waals surface area (Å²) in [6, 6.07) is 7.08. The van der Waals surface area contributed by atoms with E-state index in [4.69, 9.17) is 9.73 Å². The quantitative estimate of drug-likeness (QED) is 0.821. The summed E-state index contributed by atoms with van der Waals surface area (Å²) in [6.45, 7) is 4.55. The first-order chi connectivity index (χ1) is 11.7. The molecule has 1 aromatic rings. The van der Waals surface area contributed by atoms with Gasteiger partial charge in [0.05, 0.1) is 12.6 Å². The van der Waals surface area contributed by atoms with Crippen LogP contribution in [0.1, 0.15) is 32.6 Å². The predicted octanol–water partition coefficient (Wildman–Crippen LogP) is 3.80. The van der Waals surface area contributed by atoms with E-state index in [2.05, 4.69) is 22.8 Å². The topological polar surface area (TPSA) is 28.1 Å². The second-order valence-corrected chi connectivity index (χ2v) is 6.39. The first kappa shape index (κ1) is 17.0. The Balaban J connectivity index is 1.81. The van der Waals surface area contributed by atoms with Gasteiger partial charge in [-0.3, -0.25) is 0 Å². The molecule has 0 saturated carbocycles. The number of halogens is 1. The second kappa shape index (κ2) is 7.79. The molecule has 2 aliphatic heterocycles. The minimum Gasteiger partial charge on any atom is -0.383 e. The number of aliphatic imine (C=N–C) groups is 1. The van der Waals surface area contributed by atoms with Crippen LogP contribution < -0.4 is 4.90 Å². The maximum absolute atomic E-state index is 13.2. The van der Waals surface area contributed by atoms with Crippen LogP contribution in [0.4, 0.5) is 10.1 Å². The Hall–Kier alpha value is -1.88. The summed E-state index contributed by atoms with van der Waals surface area (Å²) in [6.07, 6.45) is 6.60. The van der Waals surface area contributed by atoms with Crippen molar-refractivity contribution in [3.05, 3.63) is 41.9 Å². The standard InChI is InChI=1S/C19H26FN3O/c1-3-5-17-12-19(22-11-4-6-18(22)13-24-2)21-14-23(17)16-9-7-15(20)8-10-16/h7-10,12,18H,3-6,11,13-14H2,1-2H3/t18-/m1/s1. The summed E-state index contributed by atoms with van der Waals surface area (Å²) in [7, 11) is 1.76. The first-order valence-corrected chi connectivity index (χ1v) is 8.76. The molecule has 0 aliphatic carbocycles. The fourth-order valence-electron chi connectivity index (χ4n) is 3.52. The molecule has 5 heteroatoms. The van der Waals surface area contributed by atoms with E-state index in [1.165, 1.54) is 24.3 Å². The van der Waals surface area contributed by atoms with Gasteiger partial charge in [0.1, 0.15) is 18.3 Å². The summed E-state index contributed by atoms with van der Waals surface area (Å²) in [5.41, 5.74) is 2.24. The molecule has 0 spiro atoms. The average Bonchev–Trinajstić information content (AvgIpc) is 3.05. The number of hydrogen-bond acceptors (Lipinski definition) is 4. The molecule has 1 saturated heterocycles. The number of allylic oxidation sites excluding steroid dienone is 1. The van der Waals surface area contributed by atoms with E-state index < -0.39 is 0 Å². The van der Waals surface area contributed by atoms with Gasteiger partial charge in [-0.1, -0.05) is 13.3 Å². The highest BCUT2D eigenvalue weighted by atomic mass is 19.1. The summed E-state index contributed by atoms with van der Waals surface area (Å²) >= 11 is 0. The van der Waals surface area contributed by atoms with Gasteiger partial charge in [0.2, 0.25) is 0 Å². The Morgan fingerprint density at radius 2 is 2.08 bits per heavy atom. The number of anilines is 1. The molecule has 0 bridgehead atoms. The number of methoxy groups -OCH3 is 1. The molecule has 0 unspecified atom stereocenters. The molecule has 130 valence electrons. The predicted molar refractivity (Wildman–Crippen MR) is 95.8 cm³/mol. The molecule has 0 radical (unpaired) electrons. The number of benzene rings is 1. The maximum Gasteiger partial charge on any atom is 0.127 e. The van der Waals surface area contributed by atoms with Crippen molar-refractivity contribution in [2.24, 2.45) is 4.99 Å². The highest BCUT2D eigenvalue weighted by molar-refractivity contribution is 5.95. The Kier molecular flexibility index (Phi) is 5.51. The summed E-state index contributed by atoms with van der Waals surface area (Å²) < 4.78 is 18.6. The van der Waals surface area contributed by atoms with Crippen LogP contribution in [-0.4, -0.2) is 43.7 Å². The third-order valence-electron chi connectivity index (χ3n) is 4.69. The van der Waals surface area contributed by atoms with Crippen molar-refractivity contribution >= 4 is 11.5 Å². The second-order valence-electron chi connectivity index (χ2n) is 6.39. The molecule has 0 amide bonds. The Bertz CT molecular complexity index is 612. The van der Waals surface area contributed by atoms with Gasteiger partial charge in [-0.25, -0.2) is 9.38 Å². The number of ether oxygens (including phenoxy) is 1. The van der Waals surface area contributed by atoms with Crippen LogP contribution in [0.2, 0.25) is 0 Å². The van der Waals surface area contributed by atoms with Gasteiger partial charge >= 0.3 is 0 Å². The molecule has 0 aromatic heterocycles. The van der Waals surface area contributed by atoms with Gasteiger partial charge in [-0.05, 0) is 49.6 Å². The number of rotatable bonds is 5. The number of likely N-dealkylation sites (tertiary alicyclic amines) is 1. The van der Waals surface area contributed by atoms with Crippen molar-refractivity contribution in [1.29, 1.82) is 0 Å². The maximum atomic E-state index is 13.2. The summed E-state index contributed by atoms with van der Waals surface area (Å²) in [5.74, 6) is 0.858. The minimum atomic E-state index is -0.208. The number of nitrogens with zero attached hydrogens (tertiary/aromatic N) is 3. The largest absolute Gasteiger partial charge is 0.383 e. The van der Waals surface area contributed by atoms with Crippen LogP contribution in [0.25, 0.3) is 0 Å². The van der Waals surface area contributed by atoms with E-state index in [-0.39, 0.29) is 5.82 Å². The average molecular weight is 331 g/mol. The Morgan fingerprint density at radius 3 is 2.79 bits per heavy atom. The number of amidine groups is 1. The van der Waals surface area contributed by atoms with Crippen LogP contribution in [-0.2, 0) is 4.74 Å². The molecule has 2 aliphatic rings. The van der Waals surface area contributed by atoms with Crippen LogP contribution in [0, 0.1) is 5.82 Å². The third kappa shape index (κ3) is 3.61. The highest BCUT2D eigenvalue weighted by Gasteiger charge is 2.28. The molecule has 3 rings (SSSR count). The lowest BCUT2D eigenvalue weighted by molar-refractivity contribution is 0.145. The SMILES string of the molecule is CCCC1=CC(N2CCC[C@@H]2COC)=NCN1c1ccc(F)cc1. The molecule has 4 nitrogen and oxygen atoms in total. The van der Waals surface area contributed by atoms with Crippen molar-refractivity contribution in [3.8, 4) is 0 Å². The minimum absolute atomic E-state index is 0.208. The molecular weight excluding hydrogens is 305 g/mol. The fourth-order valence-corrected chi connectivity index (χ4v) is 3.52. The van der Waals surface area contributed by atoms with Gasteiger partial charge in [0, 0.05) is 25.0 Å². The fraction of sp³-hybridized carbons (Fsp3) is 0.526. The lowest BCUT2D eigenvalue weighted by Crippen LogP contribution is -2.40. The zero-order valence-electron chi connectivity index (χ0n) is 14.5. The highest BCUT2D eigenvalue weighted by Crippen LogP contribution is 2.27. The van der Waals surface area contributed by atoms with Gasteiger partial charge in [-0.2, -0.15) is 0 Å².